The Labute approximate surface area is 204 Å². The van der Waals surface area contributed by atoms with Crippen LogP contribution in [0.1, 0.15) is 43.9 Å². The van der Waals surface area contributed by atoms with Crippen LogP contribution in [0.15, 0.2) is 69.6 Å². The summed E-state index contributed by atoms with van der Waals surface area (Å²) in [6, 6.07) is 12.7. The third-order valence-electron chi connectivity index (χ3n) is 6.31. The molecule has 0 saturated carbocycles. The number of Topliss-reactive ketones (excluding diaryl/α,β-unsaturated/α-hetero) is 1. The summed E-state index contributed by atoms with van der Waals surface area (Å²) in [5, 5.41) is 11.5. The van der Waals surface area contributed by atoms with Gasteiger partial charge in [-0.05, 0) is 41.2 Å². The molecule has 0 radical (unpaired) electrons. The number of hydrogen-bond acceptors (Lipinski definition) is 7. The van der Waals surface area contributed by atoms with E-state index in [1.807, 2.05) is 38.1 Å². The van der Waals surface area contributed by atoms with E-state index in [1.54, 1.807) is 25.3 Å². The summed E-state index contributed by atoms with van der Waals surface area (Å²) in [7, 11) is 1.59. The zero-order chi connectivity index (χ0) is 24.9. The van der Waals surface area contributed by atoms with E-state index < -0.39 is 11.0 Å². The maximum Gasteiger partial charge on any atom is 0.271 e. The van der Waals surface area contributed by atoms with E-state index >= 15 is 0 Å². The van der Waals surface area contributed by atoms with Gasteiger partial charge in [-0.15, -0.1) is 0 Å². The van der Waals surface area contributed by atoms with Gasteiger partial charge in [-0.3, -0.25) is 24.3 Å². The van der Waals surface area contributed by atoms with E-state index in [0.717, 1.165) is 5.56 Å². The molecule has 1 unspecified atom stereocenters. The van der Waals surface area contributed by atoms with Crippen LogP contribution in [0.25, 0.3) is 6.08 Å². The quantitative estimate of drug-likeness (QED) is 0.412. The van der Waals surface area contributed by atoms with Crippen molar-refractivity contribution in [2.24, 2.45) is 10.4 Å². The maximum atomic E-state index is 13.6. The van der Waals surface area contributed by atoms with Crippen molar-refractivity contribution in [1.82, 2.24) is 4.57 Å². The molecule has 178 valence electrons. The van der Waals surface area contributed by atoms with Gasteiger partial charge in [-0.25, -0.2) is 4.99 Å². The minimum Gasteiger partial charge on any atom is -0.497 e. The molecule has 0 bridgehead atoms. The van der Waals surface area contributed by atoms with Gasteiger partial charge in [0.05, 0.1) is 28.3 Å². The predicted molar refractivity (Wildman–Crippen MR) is 132 cm³/mol. The lowest BCUT2D eigenvalue weighted by Crippen LogP contribution is -2.42. The van der Waals surface area contributed by atoms with Gasteiger partial charge >= 0.3 is 0 Å². The summed E-state index contributed by atoms with van der Waals surface area (Å²) in [6.45, 7) is 4.04. The van der Waals surface area contributed by atoms with E-state index in [0.29, 0.717) is 44.8 Å². The van der Waals surface area contributed by atoms with Crippen molar-refractivity contribution in [3.05, 3.63) is 101 Å². The van der Waals surface area contributed by atoms with Gasteiger partial charge in [0, 0.05) is 24.1 Å². The van der Waals surface area contributed by atoms with E-state index in [2.05, 4.69) is 0 Å². The molecule has 1 aliphatic heterocycles. The summed E-state index contributed by atoms with van der Waals surface area (Å²) in [5.74, 6) is 0.629. The topological polar surface area (TPSA) is 104 Å². The summed E-state index contributed by atoms with van der Waals surface area (Å²) < 4.78 is 7.18. The highest BCUT2D eigenvalue weighted by Gasteiger charge is 2.40. The Morgan fingerprint density at radius 2 is 1.91 bits per heavy atom. The van der Waals surface area contributed by atoms with Crippen molar-refractivity contribution in [2.75, 3.05) is 7.11 Å². The van der Waals surface area contributed by atoms with Gasteiger partial charge in [0.15, 0.2) is 10.6 Å². The third-order valence-corrected chi connectivity index (χ3v) is 7.29. The first-order chi connectivity index (χ1) is 16.7. The minimum atomic E-state index is -0.761. The standard InChI is InChI=1S/C26H23N3O5S/c1-26(2)13-19-22(20(30)14-26)23(16-5-4-6-17(12-16)29(32)33)28-24(31)21(35-25(28)27-19)11-15-7-9-18(34-3)10-8-15/h4-12,23H,13-14H2,1-3H3. The van der Waals surface area contributed by atoms with Crippen molar-refractivity contribution < 1.29 is 14.5 Å². The van der Waals surface area contributed by atoms with Gasteiger partial charge in [-0.1, -0.05) is 49.4 Å². The predicted octanol–water partition coefficient (Wildman–Crippen LogP) is 3.52. The number of nitro groups is 1. The molecule has 1 aromatic heterocycles. The number of non-ortho nitro benzene ring substituents is 1. The molecule has 2 aromatic carbocycles. The average Bonchev–Trinajstić information content (AvgIpc) is 3.12. The van der Waals surface area contributed by atoms with Crippen LogP contribution in [-0.2, 0) is 4.79 Å². The second kappa shape index (κ2) is 8.42. The number of benzene rings is 2. The average molecular weight is 490 g/mol. The zero-order valence-electron chi connectivity index (χ0n) is 19.5. The van der Waals surface area contributed by atoms with Crippen molar-refractivity contribution in [3.8, 4) is 5.75 Å². The molecule has 2 aliphatic rings. The fraction of sp³-hybridized carbons (Fsp3) is 0.269. The van der Waals surface area contributed by atoms with Gasteiger partial charge in [0.25, 0.3) is 11.2 Å². The second-order valence-corrected chi connectivity index (χ2v) is 10.5. The lowest BCUT2D eigenvalue weighted by Gasteiger charge is -2.35. The molecule has 3 aromatic rings. The van der Waals surface area contributed by atoms with Gasteiger partial charge in [0.2, 0.25) is 0 Å². The Morgan fingerprint density at radius 3 is 2.60 bits per heavy atom. The molecule has 9 heteroatoms. The number of aromatic nitrogens is 1. The van der Waals surface area contributed by atoms with Gasteiger partial charge in [0.1, 0.15) is 5.75 Å². The Hall–Kier alpha value is -3.85. The van der Waals surface area contributed by atoms with Gasteiger partial charge in [-0.2, -0.15) is 0 Å². The van der Waals surface area contributed by atoms with Crippen LogP contribution in [0.3, 0.4) is 0 Å². The molecule has 5 rings (SSSR count). The molecule has 0 fully saturated rings. The first kappa shape index (κ1) is 22.9. The first-order valence-electron chi connectivity index (χ1n) is 11.1. The van der Waals surface area contributed by atoms with Crippen molar-refractivity contribution >= 4 is 28.9 Å². The molecule has 1 aliphatic carbocycles. The molecule has 0 spiro atoms. The van der Waals surface area contributed by atoms with Crippen LogP contribution in [0, 0.1) is 15.5 Å². The molecule has 0 N–H and O–H groups in total. The molecule has 1 atom stereocenters. The van der Waals surface area contributed by atoms with Crippen LogP contribution >= 0.6 is 11.3 Å². The smallest absolute Gasteiger partial charge is 0.271 e. The Balaban J connectivity index is 1.75. The number of ketones is 1. The lowest BCUT2D eigenvalue weighted by atomic mass is 9.73. The highest BCUT2D eigenvalue weighted by Crippen LogP contribution is 2.43. The third kappa shape index (κ3) is 4.12. The van der Waals surface area contributed by atoms with Crippen LogP contribution < -0.4 is 19.6 Å². The summed E-state index contributed by atoms with van der Waals surface area (Å²) in [5.41, 5.74) is 1.81. The number of ether oxygens (including phenoxy) is 1. The van der Waals surface area contributed by atoms with Crippen molar-refractivity contribution in [1.29, 1.82) is 0 Å². The number of carbonyl (C=O) groups excluding carboxylic acids is 1. The van der Waals surface area contributed by atoms with E-state index in [-0.39, 0.29) is 22.4 Å². The molecule has 8 nitrogen and oxygen atoms in total. The maximum absolute atomic E-state index is 13.6. The molecule has 2 heterocycles. The molecule has 0 amide bonds. The first-order valence-corrected chi connectivity index (χ1v) is 11.9. The minimum absolute atomic E-state index is 0.0825. The highest BCUT2D eigenvalue weighted by atomic mass is 32.1. The number of nitro benzene ring substituents is 1. The summed E-state index contributed by atoms with van der Waals surface area (Å²) in [4.78, 5) is 43.2. The number of allylic oxidation sites excluding steroid dienone is 2. The van der Waals surface area contributed by atoms with E-state index in [4.69, 9.17) is 9.73 Å². The van der Waals surface area contributed by atoms with Crippen LogP contribution in [0.5, 0.6) is 5.75 Å². The number of carbonyl (C=O) groups is 1. The second-order valence-electron chi connectivity index (χ2n) is 9.51. The Kier molecular flexibility index (Phi) is 5.52. The monoisotopic (exact) mass is 489 g/mol. The molecular weight excluding hydrogens is 466 g/mol. The molecular formula is C26H23N3O5S. The van der Waals surface area contributed by atoms with E-state index in [9.17, 15) is 19.7 Å². The molecule has 35 heavy (non-hydrogen) atoms. The number of nitrogens with zero attached hydrogens (tertiary/aromatic N) is 3. The van der Waals surface area contributed by atoms with Crippen molar-refractivity contribution in [3.63, 3.8) is 0 Å². The zero-order valence-corrected chi connectivity index (χ0v) is 20.3. The van der Waals surface area contributed by atoms with Crippen LogP contribution in [0.2, 0.25) is 0 Å². The van der Waals surface area contributed by atoms with Crippen LogP contribution in [0.4, 0.5) is 5.69 Å². The highest BCUT2D eigenvalue weighted by molar-refractivity contribution is 7.07. The number of fused-ring (bicyclic) bond motifs is 1. The van der Waals surface area contributed by atoms with E-state index in [1.165, 1.54) is 28.0 Å². The largest absolute Gasteiger partial charge is 0.497 e. The fourth-order valence-electron chi connectivity index (χ4n) is 4.72. The number of thiazole rings is 1. The van der Waals surface area contributed by atoms with Crippen LogP contribution in [-0.4, -0.2) is 22.4 Å². The number of rotatable bonds is 4. The van der Waals surface area contributed by atoms with Gasteiger partial charge < -0.3 is 4.74 Å². The number of methoxy groups -OCH3 is 1. The fourth-order valence-corrected chi connectivity index (χ4v) is 5.74. The summed E-state index contributed by atoms with van der Waals surface area (Å²) in [6.07, 6.45) is 2.69. The lowest BCUT2D eigenvalue weighted by molar-refractivity contribution is -0.384. The van der Waals surface area contributed by atoms with Crippen molar-refractivity contribution in [2.45, 2.75) is 32.7 Å². The Morgan fingerprint density at radius 1 is 1.17 bits per heavy atom. The normalized spacial score (nSPS) is 19.1. The molecule has 0 saturated heterocycles. The SMILES string of the molecule is COc1ccc(C=c2sc3n(c2=O)C(c2cccc([N+](=O)[O-])c2)C2=C(CC(C)(C)CC2=O)N=3)cc1. The Bertz CT molecular complexity index is 1580. The number of hydrogen-bond donors (Lipinski definition) is 0. The summed E-state index contributed by atoms with van der Waals surface area (Å²) >= 11 is 1.25.